The highest BCUT2D eigenvalue weighted by molar-refractivity contribution is 9.08. The Bertz CT molecular complexity index is 2250. The molecule has 4 nitrogen and oxygen atoms in total. The minimum Gasteiger partial charge on any atom is -0.303 e. The summed E-state index contributed by atoms with van der Waals surface area (Å²) >= 11 is 3.36. The minimum atomic E-state index is 0.157. The molecule has 6 aromatic carbocycles. The number of Topliss-reactive ketones (excluding diaryl/α,β-unsaturated/α-hetero) is 2. The Labute approximate surface area is 333 Å². The smallest absolute Gasteiger partial charge is 0.165 e. The Morgan fingerprint density at radius 2 is 1.00 bits per heavy atom. The summed E-state index contributed by atoms with van der Waals surface area (Å²) in [5.41, 5.74) is 12.6. The normalized spacial score (nSPS) is 20.1. The van der Waals surface area contributed by atoms with Crippen molar-refractivity contribution in [3.05, 3.63) is 213 Å². The second kappa shape index (κ2) is 17.2. The molecule has 5 heteroatoms. The van der Waals surface area contributed by atoms with Crippen LogP contribution in [0.3, 0.4) is 0 Å². The van der Waals surface area contributed by atoms with E-state index in [1.807, 2.05) is 48.5 Å². The molecule has 0 saturated heterocycles. The third kappa shape index (κ3) is 8.21. The fourth-order valence-electron chi connectivity index (χ4n) is 8.99. The van der Waals surface area contributed by atoms with Crippen LogP contribution in [0.25, 0.3) is 0 Å². The maximum absolute atomic E-state index is 12.7. The number of benzene rings is 6. The predicted octanol–water partition coefficient (Wildman–Crippen LogP) is 11.7. The van der Waals surface area contributed by atoms with Crippen molar-refractivity contribution in [3.8, 4) is 0 Å². The van der Waals surface area contributed by atoms with Crippen molar-refractivity contribution in [2.75, 3.05) is 0 Å². The lowest BCUT2D eigenvalue weighted by molar-refractivity contribution is 0.0886. The summed E-state index contributed by atoms with van der Waals surface area (Å²) in [5.74, 6) is 0.546. The summed E-state index contributed by atoms with van der Waals surface area (Å²) in [7, 11) is 0. The summed E-state index contributed by atoms with van der Waals surface area (Å²) in [5, 5.41) is 4.65. The van der Waals surface area contributed by atoms with Crippen LogP contribution in [-0.2, 0) is 24.7 Å². The van der Waals surface area contributed by atoms with E-state index >= 15 is 0 Å². The van der Waals surface area contributed by atoms with Crippen molar-refractivity contribution in [2.24, 2.45) is 0 Å². The van der Waals surface area contributed by atoms with Gasteiger partial charge in [-0.1, -0.05) is 174 Å². The van der Waals surface area contributed by atoms with E-state index in [9.17, 15) is 9.59 Å². The number of carbonyl (C=O) groups excluding carboxylic acids is 2. The number of hydrogen-bond acceptors (Lipinski definition) is 4. The lowest BCUT2D eigenvalue weighted by Gasteiger charge is -2.35. The molecule has 4 aliphatic carbocycles. The van der Waals surface area contributed by atoms with E-state index in [2.05, 4.69) is 135 Å². The zero-order valence-electron chi connectivity index (χ0n) is 31.1. The number of aryl methyl sites for hydroxylation is 2. The van der Waals surface area contributed by atoms with E-state index in [0.717, 1.165) is 48.7 Å². The molecule has 0 saturated carbocycles. The molecule has 0 spiro atoms. The number of alkyl halides is 1. The standard InChI is InChI=1S/C25H23NO.C18H17NO.C7H7Br/c27-25-16-24(21-12-6-7-13-22(21)25)26(17-18-8-2-1-3-9-18)23-15-14-19-10-4-5-11-20(19)23;20-18-11-17(14-7-3-4-8-15(14)18)19-16-10-9-12-5-1-2-6-13(12)16;8-6-7-4-2-1-3-5-7/h1-13,23-24H,14-17H2;1-8,16-17,19H,9-11H2;1-5H,6H2. The first-order valence-electron chi connectivity index (χ1n) is 19.6. The van der Waals surface area contributed by atoms with Gasteiger partial charge in [0.15, 0.2) is 11.6 Å². The molecular weight excluding hydrogens is 740 g/mol. The first-order valence-corrected chi connectivity index (χ1v) is 20.7. The van der Waals surface area contributed by atoms with Crippen LogP contribution in [-0.4, -0.2) is 16.5 Å². The molecule has 0 amide bonds. The fraction of sp³-hybridized carbons (Fsp3) is 0.240. The minimum absolute atomic E-state index is 0.157. The molecular formula is C50H47BrN2O2. The van der Waals surface area contributed by atoms with Gasteiger partial charge in [0, 0.05) is 60.0 Å². The summed E-state index contributed by atoms with van der Waals surface area (Å²) in [6.45, 7) is 0.867. The lowest BCUT2D eigenvalue weighted by atomic mass is 10.00. The van der Waals surface area contributed by atoms with Crippen molar-refractivity contribution in [1.82, 2.24) is 10.2 Å². The third-order valence-corrected chi connectivity index (χ3v) is 12.3. The Kier molecular flexibility index (Phi) is 11.6. The number of halogens is 1. The molecule has 0 aliphatic heterocycles. The van der Waals surface area contributed by atoms with Crippen LogP contribution in [0.1, 0.15) is 115 Å². The monoisotopic (exact) mass is 786 g/mol. The van der Waals surface area contributed by atoms with E-state index in [0.29, 0.717) is 24.9 Å². The van der Waals surface area contributed by atoms with Gasteiger partial charge in [-0.15, -0.1) is 0 Å². The highest BCUT2D eigenvalue weighted by Gasteiger charge is 2.39. The maximum atomic E-state index is 12.7. The highest BCUT2D eigenvalue weighted by Crippen LogP contribution is 2.45. The highest BCUT2D eigenvalue weighted by atomic mass is 79.9. The van der Waals surface area contributed by atoms with E-state index in [1.54, 1.807) is 0 Å². The molecule has 4 aliphatic rings. The number of nitrogens with one attached hydrogen (secondary N) is 1. The van der Waals surface area contributed by atoms with Crippen molar-refractivity contribution in [3.63, 3.8) is 0 Å². The SMILES string of the molecule is BrCc1ccccc1.O=C1CC(N(Cc2ccccc2)C2CCc3ccccc32)c2ccccc21.O=C1CC(NC2CCc3ccccc32)c2ccccc21. The van der Waals surface area contributed by atoms with Gasteiger partial charge in [-0.2, -0.15) is 0 Å². The summed E-state index contributed by atoms with van der Waals surface area (Å²) in [4.78, 5) is 27.3. The second-order valence-corrected chi connectivity index (χ2v) is 15.5. The van der Waals surface area contributed by atoms with Gasteiger partial charge in [0.2, 0.25) is 0 Å². The largest absolute Gasteiger partial charge is 0.303 e. The number of fused-ring (bicyclic) bond motifs is 4. The number of nitrogens with zero attached hydrogens (tertiary/aromatic N) is 1. The topological polar surface area (TPSA) is 49.4 Å². The molecule has 0 fully saturated rings. The summed E-state index contributed by atoms with van der Waals surface area (Å²) in [6.07, 6.45) is 5.69. The van der Waals surface area contributed by atoms with Gasteiger partial charge in [-0.3, -0.25) is 14.5 Å². The Hall–Kier alpha value is -4.94. The van der Waals surface area contributed by atoms with Crippen LogP contribution in [0.5, 0.6) is 0 Å². The van der Waals surface area contributed by atoms with E-state index in [1.165, 1.54) is 44.5 Å². The molecule has 4 atom stereocenters. The van der Waals surface area contributed by atoms with Gasteiger partial charge in [0.25, 0.3) is 0 Å². The number of hydrogen-bond donors (Lipinski definition) is 1. The summed E-state index contributed by atoms with van der Waals surface area (Å²) in [6, 6.07) is 55.6. The molecule has 0 radical (unpaired) electrons. The maximum Gasteiger partial charge on any atom is 0.165 e. The molecule has 0 aromatic heterocycles. The average molecular weight is 788 g/mol. The van der Waals surface area contributed by atoms with Crippen LogP contribution in [0.4, 0.5) is 0 Å². The van der Waals surface area contributed by atoms with Gasteiger partial charge in [-0.05, 0) is 70.2 Å². The first kappa shape index (κ1) is 37.0. The average Bonchev–Trinajstić information content (AvgIpc) is 4.02. The van der Waals surface area contributed by atoms with Crippen LogP contribution >= 0.6 is 15.9 Å². The quantitative estimate of drug-likeness (QED) is 0.164. The van der Waals surface area contributed by atoms with Crippen molar-refractivity contribution in [1.29, 1.82) is 0 Å². The predicted molar refractivity (Wildman–Crippen MR) is 225 cm³/mol. The molecule has 10 rings (SSSR count). The number of ketones is 2. The zero-order chi connectivity index (χ0) is 37.6. The van der Waals surface area contributed by atoms with E-state index in [-0.39, 0.29) is 23.7 Å². The Morgan fingerprint density at radius 1 is 0.491 bits per heavy atom. The van der Waals surface area contributed by atoms with Gasteiger partial charge in [-0.25, -0.2) is 0 Å². The Morgan fingerprint density at radius 3 is 1.67 bits per heavy atom. The van der Waals surface area contributed by atoms with Crippen LogP contribution < -0.4 is 5.32 Å². The van der Waals surface area contributed by atoms with Gasteiger partial charge < -0.3 is 5.32 Å². The second-order valence-electron chi connectivity index (χ2n) is 15.0. The van der Waals surface area contributed by atoms with Crippen LogP contribution in [0.2, 0.25) is 0 Å². The van der Waals surface area contributed by atoms with E-state index < -0.39 is 0 Å². The van der Waals surface area contributed by atoms with Crippen molar-refractivity contribution < 1.29 is 9.59 Å². The molecule has 6 aromatic rings. The molecule has 55 heavy (non-hydrogen) atoms. The van der Waals surface area contributed by atoms with Crippen molar-refractivity contribution >= 4 is 27.5 Å². The van der Waals surface area contributed by atoms with Crippen LogP contribution in [0.15, 0.2) is 158 Å². The third-order valence-electron chi connectivity index (χ3n) is 11.7. The fourth-order valence-corrected chi connectivity index (χ4v) is 9.37. The lowest BCUT2D eigenvalue weighted by Crippen LogP contribution is -2.30. The zero-order valence-corrected chi connectivity index (χ0v) is 32.7. The molecule has 0 heterocycles. The van der Waals surface area contributed by atoms with Crippen molar-refractivity contribution in [2.45, 2.75) is 74.6 Å². The number of rotatable bonds is 7. The van der Waals surface area contributed by atoms with Crippen LogP contribution in [0, 0.1) is 0 Å². The molecule has 0 bridgehead atoms. The molecule has 276 valence electrons. The van der Waals surface area contributed by atoms with E-state index in [4.69, 9.17) is 0 Å². The Balaban J connectivity index is 0.000000133. The van der Waals surface area contributed by atoms with Gasteiger partial charge in [0.05, 0.1) is 0 Å². The molecule has 1 N–H and O–H groups in total. The number of carbonyl (C=O) groups is 2. The molecule has 4 unspecified atom stereocenters. The van der Waals surface area contributed by atoms with Gasteiger partial charge >= 0.3 is 0 Å². The van der Waals surface area contributed by atoms with Gasteiger partial charge in [0.1, 0.15) is 0 Å². The first-order chi connectivity index (χ1) is 27.1. The summed E-state index contributed by atoms with van der Waals surface area (Å²) < 4.78 is 0.